The van der Waals surface area contributed by atoms with Crippen LogP contribution in [0.4, 0.5) is 0 Å². The molecule has 0 saturated carbocycles. The van der Waals surface area contributed by atoms with Gasteiger partial charge in [-0.1, -0.05) is 578 Å². The Bertz CT molecular complexity index is 3670. The van der Waals surface area contributed by atoms with Crippen molar-refractivity contribution in [1.29, 1.82) is 0 Å². The van der Waals surface area contributed by atoms with Crippen LogP contribution in [0.2, 0.25) is 0 Å². The van der Waals surface area contributed by atoms with E-state index in [4.69, 9.17) is 4.74 Å². The molecule has 15 rings (SSSR count). The Morgan fingerprint density at radius 2 is 0.263 bits per heavy atom. The van der Waals surface area contributed by atoms with Crippen LogP contribution in [0.25, 0.3) is 32.3 Å². The van der Waals surface area contributed by atoms with E-state index in [-0.39, 0.29) is 11.6 Å². The Hall–Kier alpha value is -11.8. The lowest BCUT2D eigenvalue weighted by Gasteiger charge is -1.93. The molecule has 0 aliphatic heterocycles. The van der Waals surface area contributed by atoms with Crippen molar-refractivity contribution in [2.75, 3.05) is 7.11 Å². The molecule has 0 aromatic heterocycles. The molecule has 3 heteroatoms. The molecular weight excluding hydrogens is 1430 g/mol. The number of Topliss-reactive ketones (excluding diaryl/α,β-unsaturated/α-hetero) is 2. The summed E-state index contributed by atoms with van der Waals surface area (Å²) in [4.78, 5) is 21.3. The van der Waals surface area contributed by atoms with E-state index >= 15 is 0 Å². The van der Waals surface area contributed by atoms with Crippen molar-refractivity contribution in [3.8, 4) is 5.75 Å². The van der Waals surface area contributed by atoms with Crippen LogP contribution in [0.3, 0.4) is 0 Å². The average molecular weight is 1590 g/mol. The molecule has 0 bridgehead atoms. The number of rotatable bonds is 3. The van der Waals surface area contributed by atoms with E-state index in [1.807, 2.05) is 339 Å². The van der Waals surface area contributed by atoms with Gasteiger partial charge in [-0.2, -0.15) is 0 Å². The van der Waals surface area contributed by atoms with E-state index in [2.05, 4.69) is 260 Å². The Morgan fingerprint density at radius 1 is 0.161 bits per heavy atom. The lowest BCUT2D eigenvalue weighted by Crippen LogP contribution is -1.88. The quantitative estimate of drug-likeness (QED) is 0.166. The van der Waals surface area contributed by atoms with Crippen molar-refractivity contribution in [1.82, 2.24) is 0 Å². The SMILES string of the molecule is CC.CC.CC.CC.CC.CC.CC.CC.CC.CC.CC(=O)c1ccccc1.CC(=O)c1ccccc1.COc1ccccc1.Cc1ccccc1.Cc1ccccc1.Cc1ccccc1.Cc1ccccc1.Cc1ccccc1.Cc1ccccc1.c1ccc2ccccc2c1.c1ccc2ccccc2c1.c1ccc2ccccc2c1. The van der Waals surface area contributed by atoms with Gasteiger partial charge in [-0.25, -0.2) is 0 Å². The molecule has 3 nitrogen and oxygen atoms in total. The molecule has 0 fully saturated rings. The first kappa shape index (κ1) is 119. The molecule has 0 amide bonds. The predicted molar refractivity (Wildman–Crippen MR) is 538 cm³/mol. The Kier molecular flexibility index (Phi) is 97.0. The third kappa shape index (κ3) is 72.0. The van der Waals surface area contributed by atoms with E-state index < -0.39 is 0 Å². The summed E-state index contributed by atoms with van der Waals surface area (Å²) in [6.07, 6.45) is 0. The number of para-hydroxylation sites is 1. The van der Waals surface area contributed by atoms with Crippen LogP contribution in [0.15, 0.2) is 419 Å². The second kappa shape index (κ2) is 95.8. The van der Waals surface area contributed by atoms with Gasteiger partial charge < -0.3 is 4.74 Å². The fourth-order valence-electron chi connectivity index (χ4n) is 8.51. The van der Waals surface area contributed by atoms with Crippen LogP contribution >= 0.6 is 0 Å². The van der Waals surface area contributed by atoms with Crippen molar-refractivity contribution < 1.29 is 14.3 Å². The summed E-state index contributed by atoms with van der Waals surface area (Å²) in [7, 11) is 1.66. The van der Waals surface area contributed by atoms with Crippen molar-refractivity contribution in [2.24, 2.45) is 0 Å². The minimum Gasteiger partial charge on any atom is -0.497 e. The highest BCUT2D eigenvalue weighted by molar-refractivity contribution is 5.94. The molecule has 0 aliphatic carbocycles. The zero-order chi connectivity index (χ0) is 90.3. The molecule has 0 aliphatic rings. The van der Waals surface area contributed by atoms with Crippen LogP contribution in [0.1, 0.15) is 206 Å². The molecule has 634 valence electrons. The molecule has 118 heavy (non-hydrogen) atoms. The third-order valence-corrected chi connectivity index (χ3v) is 14.0. The van der Waals surface area contributed by atoms with Gasteiger partial charge in [0.25, 0.3) is 0 Å². The smallest absolute Gasteiger partial charge is 0.159 e. The summed E-state index contributed by atoms with van der Waals surface area (Å²) < 4.78 is 4.91. The average Bonchev–Trinajstić information content (AvgIpc) is 0.882. The molecule has 0 N–H and O–H groups in total. The number of carbonyl (C=O) groups excluding carboxylic acids is 2. The van der Waals surface area contributed by atoms with Gasteiger partial charge in [0.2, 0.25) is 0 Å². The van der Waals surface area contributed by atoms with Gasteiger partial charge in [0, 0.05) is 11.1 Å². The summed E-state index contributed by atoms with van der Waals surface area (Å²) in [5.74, 6) is 1.15. The minimum atomic E-state index is 0.121. The number of hydrogen-bond acceptors (Lipinski definition) is 3. The molecular formula is C115H156O3. The minimum absolute atomic E-state index is 0.121. The highest BCUT2D eigenvalue weighted by Crippen LogP contribution is 2.14. The van der Waals surface area contributed by atoms with Gasteiger partial charge in [-0.15, -0.1) is 0 Å². The Morgan fingerprint density at radius 3 is 0.339 bits per heavy atom. The highest BCUT2D eigenvalue weighted by Gasteiger charge is 1.94. The van der Waals surface area contributed by atoms with Crippen molar-refractivity contribution in [2.45, 2.75) is 194 Å². The number of fused-ring (bicyclic) bond motifs is 3. The predicted octanol–water partition coefficient (Wildman–Crippen LogP) is 36.2. The Labute approximate surface area is 723 Å². The molecule has 0 heterocycles. The van der Waals surface area contributed by atoms with Gasteiger partial charge in [-0.3, -0.25) is 9.59 Å². The van der Waals surface area contributed by atoms with E-state index in [0.717, 1.165) is 16.9 Å². The van der Waals surface area contributed by atoms with Crippen LogP contribution < -0.4 is 4.74 Å². The first-order valence-corrected chi connectivity index (χ1v) is 42.9. The van der Waals surface area contributed by atoms with Crippen LogP contribution in [-0.4, -0.2) is 18.7 Å². The zero-order valence-electron chi connectivity index (χ0n) is 78.6. The van der Waals surface area contributed by atoms with Crippen molar-refractivity contribution >= 4 is 43.9 Å². The number of ether oxygens (including phenoxy) is 1. The molecule has 0 radical (unpaired) electrons. The maximum absolute atomic E-state index is 10.6. The fraction of sp³-hybridized carbons (Fsp3) is 0.252. The second-order valence-corrected chi connectivity index (χ2v) is 22.3. The standard InChI is InChI=1S/3C10H8.2C8H8O.C7H8O.6C7H8.10C2H6/c3*1-2-6-10-8-4-3-7-9(10)5-1;2*1-7(9)8-5-3-2-4-6-8;1-8-7-5-3-2-4-6-7;6*1-7-5-3-2-4-6-7;10*1-2/h3*1-8H;2*2-6H,1H3;2-6H,1H3;6*2-6H,1H3;10*1-2H3. The Balaban J connectivity index is -0.000000224. The normalized spacial score (nSPS) is 8.11. The van der Waals surface area contributed by atoms with E-state index in [9.17, 15) is 9.59 Å². The number of methoxy groups -OCH3 is 1. The van der Waals surface area contributed by atoms with Gasteiger partial charge in [-0.05, 0) is 99.8 Å². The first-order chi connectivity index (χ1) is 57.8. The fourth-order valence-corrected chi connectivity index (χ4v) is 8.51. The van der Waals surface area contributed by atoms with Gasteiger partial charge in [0.05, 0.1) is 7.11 Å². The molecule has 0 saturated heterocycles. The van der Waals surface area contributed by atoms with Crippen LogP contribution in [0, 0.1) is 41.5 Å². The van der Waals surface area contributed by atoms with Crippen LogP contribution in [-0.2, 0) is 0 Å². The lowest BCUT2D eigenvalue weighted by molar-refractivity contribution is 0.100. The number of ketones is 2. The molecule has 0 spiro atoms. The topological polar surface area (TPSA) is 43.4 Å². The second-order valence-electron chi connectivity index (χ2n) is 22.3. The highest BCUT2D eigenvalue weighted by atomic mass is 16.5. The third-order valence-electron chi connectivity index (χ3n) is 14.0. The van der Waals surface area contributed by atoms with E-state index in [1.54, 1.807) is 21.0 Å². The van der Waals surface area contributed by atoms with Crippen LogP contribution in [0.5, 0.6) is 5.75 Å². The van der Waals surface area contributed by atoms with Crippen molar-refractivity contribution in [3.05, 3.63) is 463 Å². The number of carbonyl (C=O) groups is 2. The largest absolute Gasteiger partial charge is 0.497 e. The summed E-state index contributed by atoms with van der Waals surface area (Å²) in [5, 5.41) is 7.86. The summed E-state index contributed by atoms with van der Waals surface area (Å²) in [6.45, 7) is 55.6. The van der Waals surface area contributed by atoms with Crippen molar-refractivity contribution in [3.63, 3.8) is 0 Å². The molecule has 0 atom stereocenters. The number of hydrogen-bond donors (Lipinski definition) is 0. The molecule has 15 aromatic carbocycles. The monoisotopic (exact) mass is 1590 g/mol. The molecule has 15 aromatic rings. The zero-order valence-corrected chi connectivity index (χ0v) is 78.6. The van der Waals surface area contributed by atoms with Gasteiger partial charge in [0.1, 0.15) is 5.75 Å². The van der Waals surface area contributed by atoms with Gasteiger partial charge >= 0.3 is 0 Å². The first-order valence-electron chi connectivity index (χ1n) is 42.9. The molecule has 0 unspecified atom stereocenters. The van der Waals surface area contributed by atoms with E-state index in [1.165, 1.54) is 65.7 Å². The number of aryl methyl sites for hydroxylation is 6. The summed E-state index contributed by atoms with van der Waals surface area (Å²) in [5.41, 5.74) is 9.48. The maximum atomic E-state index is 10.6. The maximum Gasteiger partial charge on any atom is 0.159 e. The summed E-state index contributed by atoms with van der Waals surface area (Å²) in [6, 6.07) is 140. The van der Waals surface area contributed by atoms with E-state index in [0.29, 0.717) is 0 Å². The summed E-state index contributed by atoms with van der Waals surface area (Å²) >= 11 is 0. The lowest BCUT2D eigenvalue weighted by atomic mass is 10.1. The number of benzene rings is 15. The van der Waals surface area contributed by atoms with Gasteiger partial charge in [0.15, 0.2) is 11.6 Å².